The first-order valence-electron chi connectivity index (χ1n) is 14.3. The lowest BCUT2D eigenvalue weighted by molar-refractivity contribution is -0.193. The molecule has 218 valence electrons. The van der Waals surface area contributed by atoms with Crippen molar-refractivity contribution in [2.75, 3.05) is 0 Å². The summed E-state index contributed by atoms with van der Waals surface area (Å²) in [6.45, 7) is 12.3. The minimum absolute atomic E-state index is 0.0540. The van der Waals surface area contributed by atoms with Crippen LogP contribution in [0.3, 0.4) is 0 Å². The number of fused-ring (bicyclic) bond motifs is 1. The number of carbonyl (C=O) groups is 2. The first-order chi connectivity index (χ1) is 18.7. The molecule has 1 aliphatic heterocycles. The van der Waals surface area contributed by atoms with Crippen molar-refractivity contribution in [2.45, 2.75) is 84.8 Å². The summed E-state index contributed by atoms with van der Waals surface area (Å²) in [6.07, 6.45) is 0.104. The maximum atomic E-state index is 13.8. The Balaban J connectivity index is 1.68. The Labute approximate surface area is 235 Å². The van der Waals surface area contributed by atoms with Crippen molar-refractivity contribution >= 4 is 24.3 Å². The molecular formula is C30H42BNO8. The number of carbonyl (C=O) groups excluding carboxylic acids is 1. The van der Waals surface area contributed by atoms with E-state index < -0.39 is 59.5 Å². The first-order valence-corrected chi connectivity index (χ1v) is 14.3. The minimum Gasteiger partial charge on any atom is -0.478 e. The average molecular weight is 555 g/mol. The van der Waals surface area contributed by atoms with Crippen molar-refractivity contribution in [3.8, 4) is 5.75 Å². The van der Waals surface area contributed by atoms with Gasteiger partial charge in [-0.2, -0.15) is 0 Å². The maximum Gasteiger partial charge on any atom is 0.491 e. The van der Waals surface area contributed by atoms with Gasteiger partial charge in [0, 0.05) is 23.8 Å². The second-order valence-corrected chi connectivity index (χ2v) is 13.2. The number of ether oxygens (including phenoxy) is 1. The number of nitrogens with two attached hydrogens (primary N) is 1. The predicted octanol–water partition coefficient (Wildman–Crippen LogP) is 1.78. The van der Waals surface area contributed by atoms with Crippen LogP contribution in [0.15, 0.2) is 24.8 Å². The van der Waals surface area contributed by atoms with E-state index in [0.717, 1.165) is 12.0 Å². The molecule has 0 aromatic heterocycles. The molecule has 10 atom stereocenters. The average Bonchev–Trinajstić information content (AvgIpc) is 3.43. The zero-order chi connectivity index (χ0) is 29.4. The third kappa shape index (κ3) is 4.01. The second kappa shape index (κ2) is 9.95. The minimum atomic E-state index is -1.39. The maximum absolute atomic E-state index is 13.8. The molecule has 6 N–H and O–H groups in total. The second-order valence-electron chi connectivity index (χ2n) is 13.2. The van der Waals surface area contributed by atoms with Crippen LogP contribution in [0, 0.1) is 39.9 Å². The largest absolute Gasteiger partial charge is 0.491 e. The van der Waals surface area contributed by atoms with Gasteiger partial charge in [-0.05, 0) is 77.1 Å². The summed E-state index contributed by atoms with van der Waals surface area (Å²) in [5.41, 5.74) is 5.51. The molecule has 40 heavy (non-hydrogen) atoms. The van der Waals surface area contributed by atoms with Crippen LogP contribution in [0.25, 0.3) is 0 Å². The topological polar surface area (TPSA) is 160 Å². The molecule has 3 saturated carbocycles. The van der Waals surface area contributed by atoms with Crippen LogP contribution in [-0.2, 0) is 27.4 Å². The van der Waals surface area contributed by atoms with Gasteiger partial charge in [-0.1, -0.05) is 33.8 Å². The lowest BCUT2D eigenvalue weighted by Crippen LogP contribution is -2.63. The summed E-state index contributed by atoms with van der Waals surface area (Å²) in [6, 6.07) is 3.28. The van der Waals surface area contributed by atoms with Gasteiger partial charge in [0.05, 0.1) is 12.7 Å². The van der Waals surface area contributed by atoms with E-state index in [1.54, 1.807) is 18.2 Å². The van der Waals surface area contributed by atoms with Gasteiger partial charge in [0.1, 0.15) is 11.9 Å². The van der Waals surface area contributed by atoms with Crippen molar-refractivity contribution in [1.29, 1.82) is 0 Å². The van der Waals surface area contributed by atoms with E-state index in [2.05, 4.69) is 13.5 Å². The van der Waals surface area contributed by atoms with Gasteiger partial charge >= 0.3 is 13.1 Å². The fourth-order valence-electron chi connectivity index (χ4n) is 8.98. The van der Waals surface area contributed by atoms with Crippen LogP contribution in [0.1, 0.15) is 64.5 Å². The van der Waals surface area contributed by atoms with Crippen molar-refractivity contribution in [3.63, 3.8) is 0 Å². The Morgan fingerprint density at radius 2 is 2.00 bits per heavy atom. The molecule has 0 saturated heterocycles. The third-order valence-electron chi connectivity index (χ3n) is 11.6. The molecule has 5 rings (SSSR count). The molecule has 3 fully saturated rings. The quantitative estimate of drug-likeness (QED) is 0.261. The molecule has 9 nitrogen and oxygen atoms in total. The molecule has 0 spiro atoms. The highest BCUT2D eigenvalue weighted by molar-refractivity contribution is 6.61. The van der Waals surface area contributed by atoms with Crippen molar-refractivity contribution in [1.82, 2.24) is 0 Å². The number of hydrogen-bond acceptors (Lipinski definition) is 8. The highest BCUT2D eigenvalue weighted by Crippen LogP contribution is 2.69. The third-order valence-corrected chi connectivity index (χ3v) is 11.6. The van der Waals surface area contributed by atoms with Crippen LogP contribution in [0.5, 0.6) is 5.75 Å². The Morgan fingerprint density at radius 1 is 1.30 bits per heavy atom. The number of carboxylic acid groups (broad SMARTS) is 1. The Bertz CT molecular complexity index is 1220. The van der Waals surface area contributed by atoms with Crippen molar-refractivity contribution in [2.24, 2.45) is 45.7 Å². The summed E-state index contributed by atoms with van der Waals surface area (Å²) in [5.74, 6) is -2.95. The molecule has 2 bridgehead atoms. The van der Waals surface area contributed by atoms with Crippen LogP contribution in [-0.4, -0.2) is 57.5 Å². The van der Waals surface area contributed by atoms with E-state index >= 15 is 0 Å². The van der Waals surface area contributed by atoms with Gasteiger partial charge in [0.15, 0.2) is 11.9 Å². The van der Waals surface area contributed by atoms with E-state index in [9.17, 15) is 29.9 Å². The number of ketones is 1. The summed E-state index contributed by atoms with van der Waals surface area (Å²) >= 11 is 0. The highest BCUT2D eigenvalue weighted by Gasteiger charge is 2.70. The van der Waals surface area contributed by atoms with E-state index in [-0.39, 0.29) is 49.4 Å². The Kier molecular flexibility index (Phi) is 7.28. The number of aliphatic carboxylic acids is 1. The zero-order valence-electron chi connectivity index (χ0n) is 23.8. The summed E-state index contributed by atoms with van der Waals surface area (Å²) in [7, 11) is -1.16. The van der Waals surface area contributed by atoms with Gasteiger partial charge in [-0.15, -0.1) is 6.58 Å². The van der Waals surface area contributed by atoms with Gasteiger partial charge in [-0.3, -0.25) is 4.79 Å². The van der Waals surface area contributed by atoms with Gasteiger partial charge < -0.3 is 35.5 Å². The van der Waals surface area contributed by atoms with Crippen LogP contribution >= 0.6 is 0 Å². The smallest absolute Gasteiger partial charge is 0.478 e. The van der Waals surface area contributed by atoms with Gasteiger partial charge in [0.25, 0.3) is 0 Å². The number of aliphatic hydroxyl groups is 2. The van der Waals surface area contributed by atoms with Crippen LogP contribution in [0.4, 0.5) is 0 Å². The molecule has 3 aliphatic carbocycles. The molecule has 1 unspecified atom stereocenters. The molecule has 0 amide bonds. The van der Waals surface area contributed by atoms with E-state index in [1.165, 1.54) is 0 Å². The van der Waals surface area contributed by atoms with E-state index in [1.807, 2.05) is 20.8 Å². The Morgan fingerprint density at radius 3 is 2.62 bits per heavy atom. The number of benzene rings is 1. The highest BCUT2D eigenvalue weighted by atomic mass is 16.5. The molecule has 1 heterocycles. The summed E-state index contributed by atoms with van der Waals surface area (Å²) < 4.78 is 11.7. The summed E-state index contributed by atoms with van der Waals surface area (Å²) in [5, 5.41) is 43.8. The molecule has 10 heteroatoms. The van der Waals surface area contributed by atoms with Crippen LogP contribution < -0.4 is 15.9 Å². The fourth-order valence-corrected chi connectivity index (χ4v) is 8.98. The lowest BCUT2D eigenvalue weighted by atomic mass is 9.41. The molecule has 1 aromatic carbocycles. The number of carboxylic acids is 1. The fraction of sp³-hybridized carbons (Fsp3) is 0.667. The normalized spacial score (nSPS) is 41.5. The van der Waals surface area contributed by atoms with Crippen LogP contribution in [0.2, 0.25) is 0 Å². The monoisotopic (exact) mass is 555 g/mol. The molecular weight excluding hydrogens is 513 g/mol. The SMILES string of the molecule is C=C[C@]1(C)C[C@@H](C(Oc2cc(CN)c3c(c2)B(O)OC3)C(=O)O)[C@@]2(C)[C@H](C)CC[C@]3(C[C@H](O)C(=O)[C@H]32)[C@@H](C)[C@@H]1O. The van der Waals surface area contributed by atoms with Gasteiger partial charge in [-0.25, -0.2) is 4.79 Å². The van der Waals surface area contributed by atoms with E-state index in [4.69, 9.17) is 15.1 Å². The molecule has 0 radical (unpaired) electrons. The van der Waals surface area contributed by atoms with Gasteiger partial charge in [0.2, 0.25) is 0 Å². The number of Topliss-reactive ketones (excluding diaryl/α,β-unsaturated/α-hetero) is 1. The van der Waals surface area contributed by atoms with Crippen molar-refractivity contribution in [3.05, 3.63) is 35.9 Å². The first kappa shape index (κ1) is 29.3. The van der Waals surface area contributed by atoms with E-state index in [0.29, 0.717) is 17.4 Å². The van der Waals surface area contributed by atoms with Crippen molar-refractivity contribution < 1.29 is 39.3 Å². The standard InChI is InChI=1S/C30H42BNO8/c1-6-28(4)11-20(24(27(36)37)40-18-9-17(13-32)19-14-39-31(38)21(19)10-18)29(5)15(2)7-8-30(16(3)26(28)35)12-22(33)23(34)25(29)30/h6,9-10,15-16,20,22,24-26,33,35,38H,1,7-8,11-14,32H2,2-5H3,(H,36,37)/t15-,16+,20+,22+,24?,25+,26+,28-,29-,30+/m1/s1. The number of aliphatic hydroxyl groups excluding tert-OH is 2. The number of rotatable bonds is 6. The summed E-state index contributed by atoms with van der Waals surface area (Å²) in [4.78, 5) is 26.9. The predicted molar refractivity (Wildman–Crippen MR) is 148 cm³/mol. The lowest BCUT2D eigenvalue weighted by Gasteiger charge is -2.62. The zero-order valence-corrected chi connectivity index (χ0v) is 23.8. The Hall–Kier alpha value is -2.24. The number of hydrogen-bond donors (Lipinski definition) is 5. The molecule has 1 aromatic rings. The molecule has 4 aliphatic rings.